The lowest BCUT2D eigenvalue weighted by atomic mass is 10.2. The Kier molecular flexibility index (Phi) is 4.33. The van der Waals surface area contributed by atoms with Crippen LogP contribution in [0.5, 0.6) is 0 Å². The maximum absolute atomic E-state index is 4.53. The molecule has 2 N–H and O–H groups in total. The highest BCUT2D eigenvalue weighted by Gasteiger charge is 2.16. The first-order chi connectivity index (χ1) is 8.65. The highest BCUT2D eigenvalue weighted by molar-refractivity contribution is 5.42. The average Bonchev–Trinajstić information content (AvgIpc) is 2.31. The van der Waals surface area contributed by atoms with Crippen molar-refractivity contribution in [2.45, 2.75) is 6.04 Å². The Bertz CT molecular complexity index is 377. The largest absolute Gasteiger partial charge is 0.365 e. The van der Waals surface area contributed by atoms with Gasteiger partial charge >= 0.3 is 0 Å². The molecule has 1 aromatic heterocycles. The van der Waals surface area contributed by atoms with Crippen molar-refractivity contribution in [1.29, 1.82) is 0 Å². The molecule has 0 saturated carbocycles. The second kappa shape index (κ2) is 5.97. The molecule has 18 heavy (non-hydrogen) atoms. The topological polar surface area (TPSA) is 56.3 Å². The molecular weight excluding hydrogens is 228 g/mol. The van der Waals surface area contributed by atoms with Crippen LogP contribution < -0.4 is 15.5 Å². The lowest BCUT2D eigenvalue weighted by Crippen LogP contribution is -2.51. The van der Waals surface area contributed by atoms with Crippen LogP contribution in [0.4, 0.5) is 11.8 Å². The molecule has 0 unspecified atom stereocenters. The first kappa shape index (κ1) is 13.0. The molecule has 0 spiro atoms. The molecular formula is C12H22N6. The van der Waals surface area contributed by atoms with Gasteiger partial charge < -0.3 is 20.4 Å². The van der Waals surface area contributed by atoms with Gasteiger partial charge in [-0.05, 0) is 20.2 Å². The molecule has 1 fully saturated rings. The van der Waals surface area contributed by atoms with E-state index in [1.807, 2.05) is 19.3 Å². The zero-order chi connectivity index (χ0) is 13.0. The standard InChI is InChI=1S/C12H22N6/c1-17(2)6-7-18(3)12-14-5-4-11(16-12)15-10-8-13-9-10/h4-5,10,13H,6-9H2,1-3H3,(H,14,15,16). The Morgan fingerprint density at radius 3 is 2.72 bits per heavy atom. The summed E-state index contributed by atoms with van der Waals surface area (Å²) >= 11 is 0. The van der Waals surface area contributed by atoms with Crippen molar-refractivity contribution in [2.24, 2.45) is 0 Å². The van der Waals surface area contributed by atoms with Gasteiger partial charge in [-0.1, -0.05) is 0 Å². The summed E-state index contributed by atoms with van der Waals surface area (Å²) in [5.74, 6) is 1.68. The number of rotatable bonds is 6. The number of aromatic nitrogens is 2. The first-order valence-corrected chi connectivity index (χ1v) is 6.31. The van der Waals surface area contributed by atoms with Gasteiger partial charge in [0.2, 0.25) is 5.95 Å². The van der Waals surface area contributed by atoms with Crippen molar-refractivity contribution < 1.29 is 0 Å². The molecule has 6 heteroatoms. The van der Waals surface area contributed by atoms with Crippen LogP contribution in [0, 0.1) is 0 Å². The summed E-state index contributed by atoms with van der Waals surface area (Å²) in [5, 5.41) is 6.62. The van der Waals surface area contributed by atoms with E-state index in [0.29, 0.717) is 6.04 Å². The van der Waals surface area contributed by atoms with E-state index in [0.717, 1.165) is 37.9 Å². The normalized spacial score (nSPS) is 15.6. The fraction of sp³-hybridized carbons (Fsp3) is 0.667. The van der Waals surface area contributed by atoms with Gasteiger partial charge in [0, 0.05) is 39.4 Å². The van der Waals surface area contributed by atoms with Gasteiger partial charge in [-0.2, -0.15) is 4.98 Å². The van der Waals surface area contributed by atoms with Gasteiger partial charge in [-0.25, -0.2) is 4.98 Å². The first-order valence-electron chi connectivity index (χ1n) is 6.31. The summed E-state index contributed by atoms with van der Waals surface area (Å²) in [6, 6.07) is 2.42. The van der Waals surface area contributed by atoms with Gasteiger partial charge in [-0.3, -0.25) is 0 Å². The molecule has 1 aliphatic rings. The third-order valence-corrected chi connectivity index (χ3v) is 3.00. The highest BCUT2D eigenvalue weighted by atomic mass is 15.3. The molecule has 0 aromatic carbocycles. The Hall–Kier alpha value is -1.40. The number of nitrogens with zero attached hydrogens (tertiary/aromatic N) is 4. The van der Waals surface area contributed by atoms with Crippen molar-refractivity contribution in [3.63, 3.8) is 0 Å². The van der Waals surface area contributed by atoms with E-state index in [1.54, 1.807) is 0 Å². The van der Waals surface area contributed by atoms with Crippen molar-refractivity contribution in [3.8, 4) is 0 Å². The van der Waals surface area contributed by atoms with E-state index in [9.17, 15) is 0 Å². The van der Waals surface area contributed by atoms with E-state index in [2.05, 4.69) is 44.5 Å². The summed E-state index contributed by atoms with van der Waals surface area (Å²) in [6.07, 6.45) is 1.81. The average molecular weight is 250 g/mol. The van der Waals surface area contributed by atoms with Crippen LogP contribution in [-0.2, 0) is 0 Å². The predicted molar refractivity (Wildman–Crippen MR) is 74.1 cm³/mol. The van der Waals surface area contributed by atoms with Gasteiger partial charge in [0.15, 0.2) is 0 Å². The number of hydrogen-bond donors (Lipinski definition) is 2. The second-order valence-corrected chi connectivity index (χ2v) is 4.97. The molecule has 2 heterocycles. The minimum Gasteiger partial charge on any atom is -0.365 e. The fourth-order valence-electron chi connectivity index (χ4n) is 1.66. The minimum absolute atomic E-state index is 0.500. The van der Waals surface area contributed by atoms with E-state index in [-0.39, 0.29) is 0 Å². The maximum Gasteiger partial charge on any atom is 0.227 e. The molecule has 0 radical (unpaired) electrons. The quantitative estimate of drug-likeness (QED) is 0.733. The SMILES string of the molecule is CN(C)CCN(C)c1nccc(NC2CNC2)n1. The summed E-state index contributed by atoms with van der Waals surface area (Å²) in [5.41, 5.74) is 0. The lowest BCUT2D eigenvalue weighted by Gasteiger charge is -2.28. The van der Waals surface area contributed by atoms with Crippen LogP contribution in [0.1, 0.15) is 0 Å². The third kappa shape index (κ3) is 3.54. The van der Waals surface area contributed by atoms with Crippen molar-refractivity contribution >= 4 is 11.8 Å². The molecule has 0 aliphatic carbocycles. The molecule has 1 aromatic rings. The molecule has 1 aliphatic heterocycles. The Morgan fingerprint density at radius 1 is 1.33 bits per heavy atom. The molecule has 2 rings (SSSR count). The molecule has 6 nitrogen and oxygen atoms in total. The van der Waals surface area contributed by atoms with Crippen LogP contribution in [0.2, 0.25) is 0 Å². The van der Waals surface area contributed by atoms with Crippen LogP contribution in [-0.4, -0.2) is 68.2 Å². The highest BCUT2D eigenvalue weighted by Crippen LogP contribution is 2.11. The zero-order valence-electron chi connectivity index (χ0n) is 11.3. The van der Waals surface area contributed by atoms with E-state index < -0.39 is 0 Å². The predicted octanol–water partition coefficient (Wildman–Crippen LogP) is -0.142. The minimum atomic E-state index is 0.500. The molecule has 100 valence electrons. The number of hydrogen-bond acceptors (Lipinski definition) is 6. The number of anilines is 2. The summed E-state index contributed by atoms with van der Waals surface area (Å²) in [7, 11) is 6.15. The zero-order valence-corrected chi connectivity index (χ0v) is 11.3. The Balaban J connectivity index is 1.92. The Morgan fingerprint density at radius 2 is 2.11 bits per heavy atom. The van der Waals surface area contributed by atoms with Gasteiger partial charge in [-0.15, -0.1) is 0 Å². The molecule has 0 bridgehead atoms. The van der Waals surface area contributed by atoms with Crippen LogP contribution in [0.3, 0.4) is 0 Å². The second-order valence-electron chi connectivity index (χ2n) is 4.97. The monoisotopic (exact) mass is 250 g/mol. The summed E-state index contributed by atoms with van der Waals surface area (Å²) in [4.78, 5) is 13.1. The van der Waals surface area contributed by atoms with Gasteiger partial charge in [0.05, 0.1) is 6.04 Å². The molecule has 0 atom stereocenters. The van der Waals surface area contributed by atoms with Crippen LogP contribution >= 0.6 is 0 Å². The summed E-state index contributed by atoms with van der Waals surface area (Å²) in [6.45, 7) is 3.93. The van der Waals surface area contributed by atoms with Gasteiger partial charge in [0.1, 0.15) is 5.82 Å². The molecule has 1 saturated heterocycles. The van der Waals surface area contributed by atoms with Crippen molar-refractivity contribution in [1.82, 2.24) is 20.2 Å². The molecule has 0 amide bonds. The number of nitrogens with one attached hydrogen (secondary N) is 2. The van der Waals surface area contributed by atoms with E-state index in [4.69, 9.17) is 0 Å². The summed E-state index contributed by atoms with van der Waals surface area (Å²) < 4.78 is 0. The third-order valence-electron chi connectivity index (χ3n) is 3.00. The number of likely N-dealkylation sites (N-methyl/N-ethyl adjacent to an activating group) is 2. The van der Waals surface area contributed by atoms with E-state index >= 15 is 0 Å². The smallest absolute Gasteiger partial charge is 0.227 e. The lowest BCUT2D eigenvalue weighted by molar-refractivity contribution is 0.415. The van der Waals surface area contributed by atoms with Gasteiger partial charge in [0.25, 0.3) is 0 Å². The van der Waals surface area contributed by atoms with Crippen molar-refractivity contribution in [3.05, 3.63) is 12.3 Å². The van der Waals surface area contributed by atoms with Crippen molar-refractivity contribution in [2.75, 3.05) is 57.5 Å². The Labute approximate surface area is 108 Å². The van der Waals surface area contributed by atoms with Crippen LogP contribution in [0.15, 0.2) is 12.3 Å². The maximum atomic E-state index is 4.53. The van der Waals surface area contributed by atoms with E-state index in [1.165, 1.54) is 0 Å². The van der Waals surface area contributed by atoms with Crippen LogP contribution in [0.25, 0.3) is 0 Å². The fourth-order valence-corrected chi connectivity index (χ4v) is 1.66.